The van der Waals surface area contributed by atoms with Crippen molar-refractivity contribution in [1.29, 1.82) is 0 Å². The molecule has 0 heterocycles. The van der Waals surface area contributed by atoms with E-state index in [9.17, 15) is 9.18 Å². The van der Waals surface area contributed by atoms with E-state index in [4.69, 9.17) is 4.74 Å². The predicted octanol–water partition coefficient (Wildman–Crippen LogP) is 2.49. The van der Waals surface area contributed by atoms with E-state index in [1.54, 1.807) is 19.2 Å². The van der Waals surface area contributed by atoms with E-state index < -0.39 is 0 Å². The van der Waals surface area contributed by atoms with Gasteiger partial charge in [0.15, 0.2) is 5.96 Å². The van der Waals surface area contributed by atoms with Gasteiger partial charge in [-0.1, -0.05) is 6.42 Å². The molecule has 0 bridgehead atoms. The van der Waals surface area contributed by atoms with Crippen molar-refractivity contribution in [3.63, 3.8) is 0 Å². The van der Waals surface area contributed by atoms with Crippen LogP contribution in [-0.2, 0) is 9.53 Å². The molecule has 6 nitrogen and oxygen atoms in total. The highest BCUT2D eigenvalue weighted by molar-refractivity contribution is 5.79. The molecule has 1 rings (SSSR count). The van der Waals surface area contributed by atoms with Crippen molar-refractivity contribution in [3.05, 3.63) is 30.1 Å². The van der Waals surface area contributed by atoms with Crippen molar-refractivity contribution in [2.75, 3.05) is 27.2 Å². The fourth-order valence-electron chi connectivity index (χ4n) is 2.13. The molecular weight excluding hydrogens is 325 g/mol. The Bertz CT molecular complexity index is 535. The molecule has 1 atom stereocenters. The third-order valence-corrected chi connectivity index (χ3v) is 3.51. The summed E-state index contributed by atoms with van der Waals surface area (Å²) in [6.07, 6.45) is 3.08. The van der Waals surface area contributed by atoms with Crippen molar-refractivity contribution < 1.29 is 18.7 Å². The van der Waals surface area contributed by atoms with Gasteiger partial charge in [-0.05, 0) is 44.0 Å². The maximum Gasteiger partial charge on any atom is 0.305 e. The van der Waals surface area contributed by atoms with Gasteiger partial charge >= 0.3 is 5.97 Å². The summed E-state index contributed by atoms with van der Waals surface area (Å²) >= 11 is 0. The normalized spacial score (nSPS) is 12.4. The van der Waals surface area contributed by atoms with Gasteiger partial charge in [0, 0.05) is 20.0 Å². The van der Waals surface area contributed by atoms with Gasteiger partial charge in [-0.2, -0.15) is 0 Å². The SMILES string of the molecule is CN=C(NCCCCCC(=O)OC)NCC(C)Oc1ccc(F)cc1. The topological polar surface area (TPSA) is 72.0 Å². The largest absolute Gasteiger partial charge is 0.489 e. The molecule has 0 aliphatic rings. The number of esters is 1. The van der Waals surface area contributed by atoms with Gasteiger partial charge in [0.05, 0.1) is 13.7 Å². The Labute approximate surface area is 148 Å². The number of carbonyl (C=O) groups is 1. The third kappa shape index (κ3) is 9.54. The maximum atomic E-state index is 12.9. The molecule has 1 aromatic carbocycles. The van der Waals surface area contributed by atoms with Gasteiger partial charge in [-0.3, -0.25) is 9.79 Å². The standard InChI is InChI=1S/C18H28FN3O3/c1-14(25-16-10-8-15(19)9-11-16)13-22-18(20-2)21-12-6-4-5-7-17(23)24-3/h8-11,14H,4-7,12-13H2,1-3H3,(H2,20,21,22). The van der Waals surface area contributed by atoms with E-state index in [1.807, 2.05) is 6.92 Å². The Morgan fingerprint density at radius 3 is 2.56 bits per heavy atom. The average Bonchev–Trinajstić information content (AvgIpc) is 2.62. The third-order valence-electron chi connectivity index (χ3n) is 3.51. The van der Waals surface area contributed by atoms with E-state index in [2.05, 4.69) is 20.4 Å². The molecule has 0 saturated heterocycles. The lowest BCUT2D eigenvalue weighted by Crippen LogP contribution is -2.42. The van der Waals surface area contributed by atoms with Crippen molar-refractivity contribution >= 4 is 11.9 Å². The van der Waals surface area contributed by atoms with Crippen LogP contribution in [0.3, 0.4) is 0 Å². The molecule has 0 fully saturated rings. The number of ether oxygens (including phenoxy) is 2. The van der Waals surface area contributed by atoms with Gasteiger partial charge in [-0.15, -0.1) is 0 Å². The summed E-state index contributed by atoms with van der Waals surface area (Å²) < 4.78 is 23.2. The first kappa shape index (κ1) is 20.7. The Morgan fingerprint density at radius 1 is 1.20 bits per heavy atom. The zero-order valence-corrected chi connectivity index (χ0v) is 15.2. The van der Waals surface area contributed by atoms with Gasteiger partial charge in [0.1, 0.15) is 17.7 Å². The molecule has 7 heteroatoms. The minimum absolute atomic E-state index is 0.0935. The number of halogens is 1. The summed E-state index contributed by atoms with van der Waals surface area (Å²) in [6, 6.07) is 5.95. The molecule has 0 spiro atoms. The summed E-state index contributed by atoms with van der Waals surface area (Å²) in [6.45, 7) is 3.27. The van der Waals surface area contributed by atoms with Crippen LogP contribution >= 0.6 is 0 Å². The first-order valence-corrected chi connectivity index (χ1v) is 8.48. The second-order valence-corrected chi connectivity index (χ2v) is 5.65. The van der Waals surface area contributed by atoms with Gasteiger partial charge in [0.25, 0.3) is 0 Å². The molecule has 140 valence electrons. The second-order valence-electron chi connectivity index (χ2n) is 5.65. The van der Waals surface area contributed by atoms with Crippen LogP contribution in [0.25, 0.3) is 0 Å². The summed E-state index contributed by atoms with van der Waals surface area (Å²) in [4.78, 5) is 15.2. The van der Waals surface area contributed by atoms with Crippen LogP contribution in [0.15, 0.2) is 29.3 Å². The number of carbonyl (C=O) groups excluding carboxylic acids is 1. The van der Waals surface area contributed by atoms with E-state index in [1.165, 1.54) is 19.2 Å². The van der Waals surface area contributed by atoms with Crippen LogP contribution in [0.5, 0.6) is 5.75 Å². The Balaban J connectivity index is 2.16. The average molecular weight is 353 g/mol. The summed E-state index contributed by atoms with van der Waals surface area (Å²) in [5.74, 6) is 0.877. The minimum atomic E-state index is -0.283. The molecule has 1 unspecified atom stereocenters. The fraction of sp³-hybridized carbons (Fsp3) is 0.556. The molecule has 0 amide bonds. The van der Waals surface area contributed by atoms with Crippen molar-refractivity contribution in [2.45, 2.75) is 38.7 Å². The number of benzene rings is 1. The number of guanidine groups is 1. The molecule has 0 radical (unpaired) electrons. The number of unbranched alkanes of at least 4 members (excludes halogenated alkanes) is 2. The van der Waals surface area contributed by atoms with Crippen LogP contribution in [0.1, 0.15) is 32.6 Å². The van der Waals surface area contributed by atoms with Crippen LogP contribution in [0.2, 0.25) is 0 Å². The van der Waals surface area contributed by atoms with Crippen molar-refractivity contribution in [1.82, 2.24) is 10.6 Å². The first-order chi connectivity index (χ1) is 12.0. The lowest BCUT2D eigenvalue weighted by molar-refractivity contribution is -0.140. The quantitative estimate of drug-likeness (QED) is 0.293. The highest BCUT2D eigenvalue weighted by Gasteiger charge is 2.06. The second kappa shape index (κ2) is 12.1. The van der Waals surface area contributed by atoms with Crippen LogP contribution in [-0.4, -0.2) is 45.3 Å². The van der Waals surface area contributed by atoms with Gasteiger partial charge in [0.2, 0.25) is 0 Å². The van der Waals surface area contributed by atoms with E-state index >= 15 is 0 Å². The predicted molar refractivity (Wildman–Crippen MR) is 96.3 cm³/mol. The minimum Gasteiger partial charge on any atom is -0.489 e. The monoisotopic (exact) mass is 353 g/mol. The molecule has 0 aliphatic carbocycles. The van der Waals surface area contributed by atoms with Crippen molar-refractivity contribution in [3.8, 4) is 5.75 Å². The summed E-state index contributed by atoms with van der Waals surface area (Å²) in [5, 5.41) is 6.40. The summed E-state index contributed by atoms with van der Waals surface area (Å²) in [5.41, 5.74) is 0. The van der Waals surface area contributed by atoms with Crippen LogP contribution < -0.4 is 15.4 Å². The zero-order valence-electron chi connectivity index (χ0n) is 15.2. The fourth-order valence-corrected chi connectivity index (χ4v) is 2.13. The first-order valence-electron chi connectivity index (χ1n) is 8.48. The molecule has 0 saturated carbocycles. The van der Waals surface area contributed by atoms with E-state index in [-0.39, 0.29) is 17.9 Å². The highest BCUT2D eigenvalue weighted by Crippen LogP contribution is 2.12. The van der Waals surface area contributed by atoms with Gasteiger partial charge in [-0.25, -0.2) is 4.39 Å². The number of methoxy groups -OCH3 is 1. The molecule has 25 heavy (non-hydrogen) atoms. The molecular formula is C18H28FN3O3. The zero-order chi connectivity index (χ0) is 18.5. The molecule has 1 aromatic rings. The van der Waals surface area contributed by atoms with Crippen LogP contribution in [0, 0.1) is 5.82 Å². The lowest BCUT2D eigenvalue weighted by atomic mass is 10.2. The number of nitrogens with zero attached hydrogens (tertiary/aromatic N) is 1. The Kier molecular flexibility index (Phi) is 10.0. The number of rotatable bonds is 10. The number of hydrogen-bond acceptors (Lipinski definition) is 4. The van der Waals surface area contributed by atoms with E-state index in [0.717, 1.165) is 25.8 Å². The number of nitrogens with one attached hydrogen (secondary N) is 2. The number of aliphatic imine (C=N–C) groups is 1. The molecule has 0 aromatic heterocycles. The molecule has 0 aliphatic heterocycles. The van der Waals surface area contributed by atoms with E-state index in [0.29, 0.717) is 24.7 Å². The van der Waals surface area contributed by atoms with Crippen molar-refractivity contribution in [2.24, 2.45) is 4.99 Å². The van der Waals surface area contributed by atoms with Crippen LogP contribution in [0.4, 0.5) is 4.39 Å². The smallest absolute Gasteiger partial charge is 0.305 e. The van der Waals surface area contributed by atoms with Gasteiger partial charge < -0.3 is 20.1 Å². The molecule has 2 N–H and O–H groups in total. The lowest BCUT2D eigenvalue weighted by Gasteiger charge is -2.17. The number of hydrogen-bond donors (Lipinski definition) is 2. The highest BCUT2D eigenvalue weighted by atomic mass is 19.1. The Morgan fingerprint density at radius 2 is 1.92 bits per heavy atom. The Hall–Kier alpha value is -2.31. The summed E-state index contributed by atoms with van der Waals surface area (Å²) in [7, 11) is 3.11. The maximum absolute atomic E-state index is 12.9.